The van der Waals surface area contributed by atoms with Crippen molar-refractivity contribution in [1.29, 1.82) is 0 Å². The summed E-state index contributed by atoms with van der Waals surface area (Å²) >= 11 is 6.15. The first-order valence-corrected chi connectivity index (χ1v) is 12.3. The van der Waals surface area contributed by atoms with Crippen LogP contribution < -0.4 is 0 Å². The van der Waals surface area contributed by atoms with Crippen LogP contribution in [0.5, 0.6) is 0 Å². The molecule has 1 aromatic heterocycles. The Hall–Kier alpha value is -2.42. The molecule has 0 radical (unpaired) electrons. The van der Waals surface area contributed by atoms with Gasteiger partial charge in [-0.15, -0.1) is 6.58 Å². The molecule has 172 valence electrons. The second kappa shape index (κ2) is 10.0. The van der Waals surface area contributed by atoms with Gasteiger partial charge in [0.15, 0.2) is 6.61 Å². The molecule has 1 aromatic carbocycles. The summed E-state index contributed by atoms with van der Waals surface area (Å²) in [5.41, 5.74) is 2.17. The molecule has 0 aliphatic carbocycles. The van der Waals surface area contributed by atoms with E-state index < -0.39 is 22.6 Å². The SMILES string of the molecule is C=CCn1c(C)cc(C(=O)COC(=O)c2ccc(Cl)c(S(=O)(=O)N3CCCCC3)c2)c1C. The van der Waals surface area contributed by atoms with Gasteiger partial charge in [-0.25, -0.2) is 13.2 Å². The first-order valence-electron chi connectivity index (χ1n) is 10.4. The third-order valence-corrected chi connectivity index (χ3v) is 8.00. The number of aryl methyl sites for hydroxylation is 1. The maximum atomic E-state index is 13.0. The number of esters is 1. The summed E-state index contributed by atoms with van der Waals surface area (Å²) in [6.45, 7) is 8.39. The normalized spacial score (nSPS) is 14.8. The molecule has 1 fully saturated rings. The van der Waals surface area contributed by atoms with Gasteiger partial charge in [0.2, 0.25) is 15.8 Å². The van der Waals surface area contributed by atoms with Crippen LogP contribution in [0.15, 0.2) is 41.8 Å². The lowest BCUT2D eigenvalue weighted by Crippen LogP contribution is -2.35. The van der Waals surface area contributed by atoms with Crippen LogP contribution in [0.25, 0.3) is 0 Å². The Kier molecular flexibility index (Phi) is 7.59. The smallest absolute Gasteiger partial charge is 0.338 e. The summed E-state index contributed by atoms with van der Waals surface area (Å²) in [4.78, 5) is 25.1. The van der Waals surface area contributed by atoms with Crippen molar-refractivity contribution in [3.63, 3.8) is 0 Å². The number of nitrogens with zero attached hydrogens (tertiary/aromatic N) is 2. The molecule has 7 nitrogen and oxygen atoms in total. The average Bonchev–Trinajstić information content (AvgIpc) is 3.06. The lowest BCUT2D eigenvalue weighted by atomic mass is 10.1. The number of allylic oxidation sites excluding steroid dienone is 1. The van der Waals surface area contributed by atoms with Gasteiger partial charge in [0.1, 0.15) is 4.90 Å². The van der Waals surface area contributed by atoms with E-state index in [4.69, 9.17) is 16.3 Å². The van der Waals surface area contributed by atoms with Crippen LogP contribution in [0, 0.1) is 13.8 Å². The fourth-order valence-corrected chi connectivity index (χ4v) is 5.88. The summed E-state index contributed by atoms with van der Waals surface area (Å²) in [6, 6.07) is 5.72. The van der Waals surface area contributed by atoms with Crippen molar-refractivity contribution in [2.45, 2.75) is 44.6 Å². The monoisotopic (exact) mass is 478 g/mol. The van der Waals surface area contributed by atoms with Crippen LogP contribution in [0.4, 0.5) is 0 Å². The second-order valence-corrected chi connectivity index (χ2v) is 10.1. The van der Waals surface area contributed by atoms with Gasteiger partial charge in [0, 0.05) is 36.6 Å². The topological polar surface area (TPSA) is 85.7 Å². The predicted molar refractivity (Wildman–Crippen MR) is 123 cm³/mol. The van der Waals surface area contributed by atoms with Gasteiger partial charge in [0.25, 0.3) is 0 Å². The van der Waals surface area contributed by atoms with Crippen LogP contribution in [-0.4, -0.2) is 48.7 Å². The minimum Gasteiger partial charge on any atom is -0.454 e. The van der Waals surface area contributed by atoms with Crippen LogP contribution in [0.3, 0.4) is 0 Å². The number of carbonyl (C=O) groups is 2. The number of ether oxygens (including phenoxy) is 1. The zero-order chi connectivity index (χ0) is 23.5. The Bertz CT molecular complexity index is 1150. The van der Waals surface area contributed by atoms with E-state index in [2.05, 4.69) is 6.58 Å². The third kappa shape index (κ3) is 4.98. The largest absolute Gasteiger partial charge is 0.454 e. The number of benzene rings is 1. The molecular formula is C23H27ClN2O5S. The quantitative estimate of drug-likeness (QED) is 0.323. The number of Topliss-reactive ketones (excluding diaryl/α,β-unsaturated/α-hetero) is 1. The number of hydrogen-bond donors (Lipinski definition) is 0. The molecule has 0 spiro atoms. The molecule has 0 atom stereocenters. The Labute approximate surface area is 193 Å². The Balaban J connectivity index is 1.75. The van der Waals surface area contributed by atoms with Gasteiger partial charge in [-0.2, -0.15) is 4.31 Å². The summed E-state index contributed by atoms with van der Waals surface area (Å²) < 4.78 is 34.5. The Morgan fingerprint density at radius 3 is 2.50 bits per heavy atom. The van der Waals surface area contributed by atoms with Crippen LogP contribution >= 0.6 is 11.6 Å². The zero-order valence-electron chi connectivity index (χ0n) is 18.3. The molecule has 3 rings (SSSR count). The van der Waals surface area contributed by atoms with E-state index in [-0.39, 0.29) is 21.3 Å². The molecule has 0 bridgehead atoms. The van der Waals surface area contributed by atoms with Crippen molar-refractivity contribution in [1.82, 2.24) is 8.87 Å². The standard InChI is InChI=1S/C23H27ClN2O5S/c1-4-10-26-16(2)13-19(17(26)3)21(27)15-31-23(28)18-8-9-20(24)22(14-18)32(29,30)25-11-6-5-7-12-25/h4,8-9,13-14H,1,5-7,10-12,15H2,2-3H3. The number of halogens is 1. The number of carbonyl (C=O) groups excluding carboxylic acids is 2. The Morgan fingerprint density at radius 2 is 1.84 bits per heavy atom. The van der Waals surface area contributed by atoms with Crippen molar-refractivity contribution in [3.8, 4) is 0 Å². The zero-order valence-corrected chi connectivity index (χ0v) is 19.8. The fraction of sp³-hybridized carbons (Fsp3) is 0.391. The predicted octanol–water partition coefficient (Wildman–Crippen LogP) is 4.16. The van der Waals surface area contributed by atoms with Gasteiger partial charge in [-0.05, 0) is 51.0 Å². The minimum atomic E-state index is -3.82. The van der Waals surface area contributed by atoms with E-state index in [9.17, 15) is 18.0 Å². The first-order chi connectivity index (χ1) is 15.2. The maximum absolute atomic E-state index is 13.0. The number of sulfonamides is 1. The van der Waals surface area contributed by atoms with Crippen molar-refractivity contribution in [3.05, 3.63) is 64.5 Å². The fourth-order valence-electron chi connectivity index (χ4n) is 3.86. The summed E-state index contributed by atoms with van der Waals surface area (Å²) in [5, 5.41) is 0.0397. The molecule has 9 heteroatoms. The van der Waals surface area contributed by atoms with Crippen molar-refractivity contribution in [2.24, 2.45) is 0 Å². The van der Waals surface area contributed by atoms with E-state index in [0.717, 1.165) is 30.7 Å². The molecule has 1 saturated heterocycles. The van der Waals surface area contributed by atoms with Crippen LogP contribution in [0.2, 0.25) is 5.02 Å². The van der Waals surface area contributed by atoms with Gasteiger partial charge in [-0.1, -0.05) is 24.1 Å². The number of rotatable bonds is 8. The molecule has 32 heavy (non-hydrogen) atoms. The Morgan fingerprint density at radius 1 is 1.16 bits per heavy atom. The molecule has 2 heterocycles. The molecule has 1 aliphatic rings. The number of aromatic nitrogens is 1. The van der Waals surface area contributed by atoms with E-state index in [1.807, 2.05) is 18.4 Å². The minimum absolute atomic E-state index is 0.0231. The van der Waals surface area contributed by atoms with Crippen molar-refractivity contribution in [2.75, 3.05) is 19.7 Å². The van der Waals surface area contributed by atoms with Crippen LogP contribution in [0.1, 0.15) is 51.4 Å². The number of hydrogen-bond acceptors (Lipinski definition) is 5. The molecule has 0 saturated carbocycles. The third-order valence-electron chi connectivity index (χ3n) is 5.62. The highest BCUT2D eigenvalue weighted by Gasteiger charge is 2.29. The van der Waals surface area contributed by atoms with Gasteiger partial charge in [0.05, 0.1) is 10.6 Å². The van der Waals surface area contributed by atoms with E-state index in [1.54, 1.807) is 12.1 Å². The second-order valence-electron chi connectivity index (χ2n) is 7.79. The highest BCUT2D eigenvalue weighted by molar-refractivity contribution is 7.89. The molecule has 1 aliphatic heterocycles. The van der Waals surface area contributed by atoms with E-state index in [1.165, 1.54) is 22.5 Å². The molecule has 2 aromatic rings. The summed E-state index contributed by atoms with van der Waals surface area (Å²) in [6.07, 6.45) is 4.29. The van der Waals surface area contributed by atoms with Gasteiger partial charge < -0.3 is 9.30 Å². The van der Waals surface area contributed by atoms with Crippen molar-refractivity contribution < 1.29 is 22.7 Å². The maximum Gasteiger partial charge on any atom is 0.338 e. The first kappa shape index (κ1) is 24.2. The number of piperidine rings is 1. The molecule has 0 amide bonds. The van der Waals surface area contributed by atoms with Gasteiger partial charge in [-0.3, -0.25) is 4.79 Å². The summed E-state index contributed by atoms with van der Waals surface area (Å²) in [7, 11) is -3.82. The van der Waals surface area contributed by atoms with Crippen LogP contribution in [-0.2, 0) is 21.3 Å². The van der Waals surface area contributed by atoms with Gasteiger partial charge >= 0.3 is 5.97 Å². The average molecular weight is 479 g/mol. The molecule has 0 unspecified atom stereocenters. The lowest BCUT2D eigenvalue weighted by molar-refractivity contribution is 0.0474. The lowest BCUT2D eigenvalue weighted by Gasteiger charge is -2.26. The highest BCUT2D eigenvalue weighted by Crippen LogP contribution is 2.28. The van der Waals surface area contributed by atoms with Crippen molar-refractivity contribution >= 4 is 33.4 Å². The molecular weight excluding hydrogens is 452 g/mol. The number of ketones is 1. The highest BCUT2D eigenvalue weighted by atomic mass is 35.5. The van der Waals surface area contributed by atoms with E-state index in [0.29, 0.717) is 25.2 Å². The molecule has 0 N–H and O–H groups in total. The van der Waals surface area contributed by atoms with E-state index >= 15 is 0 Å². The summed E-state index contributed by atoms with van der Waals surface area (Å²) in [5.74, 6) is -1.12.